The molecule has 35 heavy (non-hydrogen) atoms. The lowest BCUT2D eigenvalue weighted by atomic mass is 9.95. The molecule has 2 saturated heterocycles. The largest absolute Gasteiger partial charge is 0.384 e. The fourth-order valence-electron chi connectivity index (χ4n) is 6.23. The van der Waals surface area contributed by atoms with Crippen LogP contribution in [0.5, 0.6) is 0 Å². The summed E-state index contributed by atoms with van der Waals surface area (Å²) in [5, 5.41) is 3.23. The highest BCUT2D eigenvalue weighted by Gasteiger charge is 2.41. The van der Waals surface area contributed by atoms with Crippen LogP contribution in [0.25, 0.3) is 11.0 Å². The van der Waals surface area contributed by atoms with E-state index in [0.717, 1.165) is 42.7 Å². The summed E-state index contributed by atoms with van der Waals surface area (Å²) in [7, 11) is 1.62. The molecule has 1 amide bonds. The van der Waals surface area contributed by atoms with Crippen molar-refractivity contribution in [2.75, 3.05) is 20.3 Å². The van der Waals surface area contributed by atoms with Crippen molar-refractivity contribution in [3.05, 3.63) is 65.7 Å². The van der Waals surface area contributed by atoms with Gasteiger partial charge in [-0.25, -0.2) is 9.37 Å². The number of halogens is 1. The Bertz CT molecular complexity index is 1150. The Morgan fingerprint density at radius 3 is 2.57 bits per heavy atom. The highest BCUT2D eigenvalue weighted by atomic mass is 19.1. The zero-order chi connectivity index (χ0) is 24.4. The number of nitrogens with zero attached hydrogens (tertiary/aromatic N) is 3. The molecule has 1 N–H and O–H groups in total. The predicted molar refractivity (Wildman–Crippen MR) is 135 cm³/mol. The molecular formula is C28H35FN4O2. The second-order valence-corrected chi connectivity index (χ2v) is 9.95. The maximum absolute atomic E-state index is 14.3. The summed E-state index contributed by atoms with van der Waals surface area (Å²) in [6.45, 7) is 3.37. The average molecular weight is 479 g/mol. The number of carbonyl (C=O) groups excluding carboxylic acids is 1. The number of carbonyl (C=O) groups is 1. The SMILES string of the molecule is COCCC(=O)N[C@@H](CCN1[C@@H]2CC[C@H]1CC(n1c(C)nc3c(F)cccc31)C2)c1ccccc1. The minimum atomic E-state index is -0.246. The Labute approximate surface area is 206 Å². The van der Waals surface area contributed by atoms with E-state index in [9.17, 15) is 9.18 Å². The third-order valence-electron chi connectivity index (χ3n) is 7.82. The fraction of sp³-hybridized carbons (Fsp3) is 0.500. The lowest BCUT2D eigenvalue weighted by Gasteiger charge is -2.40. The Hall–Kier alpha value is -2.77. The Balaban J connectivity index is 1.28. The topological polar surface area (TPSA) is 59.4 Å². The van der Waals surface area contributed by atoms with Gasteiger partial charge in [0, 0.05) is 38.2 Å². The van der Waals surface area contributed by atoms with E-state index in [1.165, 1.54) is 18.9 Å². The molecule has 186 valence electrons. The van der Waals surface area contributed by atoms with Crippen LogP contribution in [0.3, 0.4) is 0 Å². The number of nitrogens with one attached hydrogen (secondary N) is 1. The van der Waals surface area contributed by atoms with Gasteiger partial charge in [0.1, 0.15) is 11.3 Å². The summed E-state index contributed by atoms with van der Waals surface area (Å²) >= 11 is 0. The Morgan fingerprint density at radius 2 is 1.86 bits per heavy atom. The van der Waals surface area contributed by atoms with E-state index in [1.807, 2.05) is 31.2 Å². The summed E-state index contributed by atoms with van der Waals surface area (Å²) < 4.78 is 21.7. The van der Waals surface area contributed by atoms with E-state index < -0.39 is 0 Å². The van der Waals surface area contributed by atoms with Crippen molar-refractivity contribution in [1.29, 1.82) is 0 Å². The number of methoxy groups -OCH3 is 1. The summed E-state index contributed by atoms with van der Waals surface area (Å²) in [5.74, 6) is 0.673. The summed E-state index contributed by atoms with van der Waals surface area (Å²) in [6.07, 6.45) is 5.73. The van der Waals surface area contributed by atoms with Crippen LogP contribution in [-0.4, -0.2) is 52.7 Å². The molecule has 2 bridgehead atoms. The van der Waals surface area contributed by atoms with Crippen molar-refractivity contribution in [3.8, 4) is 0 Å². The lowest BCUT2D eigenvalue weighted by molar-refractivity contribution is -0.122. The summed E-state index contributed by atoms with van der Waals surface area (Å²) in [5.41, 5.74) is 2.53. The number of aromatic nitrogens is 2. The molecule has 0 spiro atoms. The first kappa shape index (κ1) is 23.9. The molecule has 2 aromatic carbocycles. The number of benzene rings is 2. The predicted octanol–water partition coefficient (Wildman–Crippen LogP) is 4.94. The maximum Gasteiger partial charge on any atom is 0.222 e. The maximum atomic E-state index is 14.3. The van der Waals surface area contributed by atoms with Crippen LogP contribution in [0.15, 0.2) is 48.5 Å². The van der Waals surface area contributed by atoms with Gasteiger partial charge >= 0.3 is 0 Å². The van der Waals surface area contributed by atoms with Crippen molar-refractivity contribution in [2.24, 2.45) is 0 Å². The second-order valence-electron chi connectivity index (χ2n) is 9.95. The number of para-hydroxylation sites is 1. The van der Waals surface area contributed by atoms with Gasteiger partial charge in [0.25, 0.3) is 0 Å². The number of imidazole rings is 1. The first-order valence-electron chi connectivity index (χ1n) is 12.8. The molecule has 2 fully saturated rings. The van der Waals surface area contributed by atoms with Crippen LogP contribution in [0.4, 0.5) is 4.39 Å². The molecule has 5 rings (SSSR count). The quantitative estimate of drug-likeness (QED) is 0.474. The smallest absolute Gasteiger partial charge is 0.222 e. The van der Waals surface area contributed by atoms with Gasteiger partial charge in [0.2, 0.25) is 5.91 Å². The first-order valence-corrected chi connectivity index (χ1v) is 12.8. The molecule has 0 aliphatic carbocycles. The van der Waals surface area contributed by atoms with Crippen LogP contribution in [-0.2, 0) is 9.53 Å². The fourth-order valence-corrected chi connectivity index (χ4v) is 6.23. The van der Waals surface area contributed by atoms with Crippen LogP contribution in [0.2, 0.25) is 0 Å². The van der Waals surface area contributed by atoms with Crippen molar-refractivity contribution in [1.82, 2.24) is 19.8 Å². The van der Waals surface area contributed by atoms with Gasteiger partial charge in [-0.05, 0) is 56.7 Å². The van der Waals surface area contributed by atoms with Gasteiger partial charge in [0.15, 0.2) is 5.82 Å². The van der Waals surface area contributed by atoms with Crippen molar-refractivity contribution in [3.63, 3.8) is 0 Å². The summed E-state index contributed by atoms with van der Waals surface area (Å²) in [4.78, 5) is 19.7. The third kappa shape index (κ3) is 4.98. The molecule has 2 aliphatic heterocycles. The molecule has 3 heterocycles. The molecule has 2 aliphatic rings. The molecule has 7 heteroatoms. The number of ether oxygens (including phenoxy) is 1. The van der Waals surface area contributed by atoms with E-state index in [0.29, 0.717) is 36.7 Å². The summed E-state index contributed by atoms with van der Waals surface area (Å²) in [6, 6.07) is 16.8. The standard InChI is InChI=1S/C28H35FN4O2/c1-19-30-28-24(29)9-6-10-26(28)33(19)23-17-21-11-12-22(18-23)32(21)15-13-25(20-7-4-3-5-8-20)31-27(34)14-16-35-2/h3-10,21-23,25H,11-18H2,1-2H3,(H,31,34)/t21-,22+,23?,25-/m0/s1. The highest BCUT2D eigenvalue weighted by molar-refractivity contribution is 5.77. The van der Waals surface area contributed by atoms with Gasteiger partial charge < -0.3 is 14.6 Å². The Kier molecular flexibility index (Phi) is 7.16. The highest BCUT2D eigenvalue weighted by Crippen LogP contribution is 2.42. The van der Waals surface area contributed by atoms with E-state index in [-0.39, 0.29) is 17.8 Å². The molecule has 1 unspecified atom stereocenters. The molecule has 0 radical (unpaired) electrons. The number of hydrogen-bond acceptors (Lipinski definition) is 4. The molecule has 3 aromatic rings. The minimum Gasteiger partial charge on any atom is -0.384 e. The number of aryl methyl sites for hydroxylation is 1. The van der Waals surface area contributed by atoms with Gasteiger partial charge in [-0.1, -0.05) is 36.4 Å². The number of piperidine rings is 1. The third-order valence-corrected chi connectivity index (χ3v) is 7.82. The van der Waals surface area contributed by atoms with Crippen LogP contribution < -0.4 is 5.32 Å². The number of fused-ring (bicyclic) bond motifs is 3. The average Bonchev–Trinajstić information content (AvgIpc) is 3.32. The van der Waals surface area contributed by atoms with E-state index in [2.05, 4.69) is 31.9 Å². The monoisotopic (exact) mass is 478 g/mol. The van der Waals surface area contributed by atoms with E-state index in [4.69, 9.17) is 4.74 Å². The molecule has 4 atom stereocenters. The molecule has 1 aromatic heterocycles. The van der Waals surface area contributed by atoms with E-state index >= 15 is 0 Å². The van der Waals surface area contributed by atoms with Crippen molar-refractivity contribution >= 4 is 16.9 Å². The van der Waals surface area contributed by atoms with Gasteiger partial charge in [-0.15, -0.1) is 0 Å². The van der Waals surface area contributed by atoms with Gasteiger partial charge in [0.05, 0.1) is 18.2 Å². The van der Waals surface area contributed by atoms with Gasteiger partial charge in [-0.3, -0.25) is 9.69 Å². The zero-order valence-corrected chi connectivity index (χ0v) is 20.6. The van der Waals surface area contributed by atoms with Gasteiger partial charge in [-0.2, -0.15) is 0 Å². The Morgan fingerprint density at radius 1 is 1.11 bits per heavy atom. The van der Waals surface area contributed by atoms with Crippen molar-refractivity contribution in [2.45, 2.75) is 69.6 Å². The second kappa shape index (κ2) is 10.5. The van der Waals surface area contributed by atoms with E-state index in [1.54, 1.807) is 13.2 Å². The van der Waals surface area contributed by atoms with Crippen LogP contribution in [0.1, 0.15) is 62.0 Å². The number of rotatable bonds is 9. The van der Waals surface area contributed by atoms with Crippen LogP contribution in [0, 0.1) is 12.7 Å². The molecule has 0 saturated carbocycles. The van der Waals surface area contributed by atoms with Crippen LogP contribution >= 0.6 is 0 Å². The number of amides is 1. The molecular weight excluding hydrogens is 443 g/mol. The zero-order valence-electron chi connectivity index (χ0n) is 20.6. The number of hydrogen-bond donors (Lipinski definition) is 1. The first-order chi connectivity index (χ1) is 17.0. The lowest BCUT2D eigenvalue weighted by Crippen LogP contribution is -2.45. The van der Waals surface area contributed by atoms with Crippen molar-refractivity contribution < 1.29 is 13.9 Å². The minimum absolute atomic E-state index is 0.0134. The normalized spacial score (nSPS) is 23.0. The molecule has 6 nitrogen and oxygen atoms in total.